The van der Waals surface area contributed by atoms with Crippen LogP contribution in [0.5, 0.6) is 5.88 Å². The van der Waals surface area contributed by atoms with Gasteiger partial charge in [0.2, 0.25) is 5.88 Å². The van der Waals surface area contributed by atoms with E-state index in [1.807, 2.05) is 13.8 Å². The lowest BCUT2D eigenvalue weighted by molar-refractivity contribution is -0.190. The lowest BCUT2D eigenvalue weighted by atomic mass is 10.1. The normalized spacial score (nSPS) is 13.8. The number of rotatable bonds is 4. The van der Waals surface area contributed by atoms with Crippen molar-refractivity contribution in [1.29, 1.82) is 0 Å². The largest absolute Gasteiger partial charge is 0.465 e. The van der Waals surface area contributed by atoms with Gasteiger partial charge in [0.25, 0.3) is 0 Å². The monoisotopic (exact) mass is 263 g/mol. The second-order valence-corrected chi connectivity index (χ2v) is 4.35. The Bertz CT molecular complexity index is 405. The molecule has 0 saturated carbocycles. The van der Waals surface area contributed by atoms with E-state index >= 15 is 0 Å². The first-order valence-electron chi connectivity index (χ1n) is 5.59. The van der Waals surface area contributed by atoms with E-state index in [0.717, 1.165) is 6.92 Å². The van der Waals surface area contributed by atoms with Crippen LogP contribution in [0.1, 0.15) is 37.9 Å². The van der Waals surface area contributed by atoms with Crippen LogP contribution in [-0.2, 0) is 6.61 Å². The molecule has 1 aromatic rings. The predicted octanol–water partition coefficient (Wildman–Crippen LogP) is 3.03. The number of aromatic nitrogens is 1. The maximum Gasteiger partial charge on any atom is 0.425 e. The van der Waals surface area contributed by atoms with E-state index in [1.54, 1.807) is 6.07 Å². The summed E-state index contributed by atoms with van der Waals surface area (Å²) in [5, 5.41) is 9.06. The van der Waals surface area contributed by atoms with Gasteiger partial charge in [-0.25, -0.2) is 4.98 Å². The predicted molar refractivity (Wildman–Crippen MR) is 60.4 cm³/mol. The Kier molecular flexibility index (Phi) is 4.56. The van der Waals surface area contributed by atoms with Crippen molar-refractivity contribution in [3.05, 3.63) is 23.4 Å². The SMILES string of the molecule is CC(C)c1cc(CO)cc(OC(C)C(F)(F)F)n1. The summed E-state index contributed by atoms with van der Waals surface area (Å²) in [5.74, 6) is -0.0740. The first kappa shape index (κ1) is 14.8. The average molecular weight is 263 g/mol. The molecule has 0 aliphatic heterocycles. The van der Waals surface area contributed by atoms with Gasteiger partial charge in [0, 0.05) is 11.8 Å². The van der Waals surface area contributed by atoms with Gasteiger partial charge in [0.05, 0.1) is 6.61 Å². The van der Waals surface area contributed by atoms with Crippen molar-refractivity contribution in [3.63, 3.8) is 0 Å². The fraction of sp³-hybridized carbons (Fsp3) is 0.583. The van der Waals surface area contributed by atoms with Gasteiger partial charge in [-0.2, -0.15) is 13.2 Å². The van der Waals surface area contributed by atoms with Crippen LogP contribution in [0.2, 0.25) is 0 Å². The second kappa shape index (κ2) is 5.56. The van der Waals surface area contributed by atoms with Gasteiger partial charge in [-0.3, -0.25) is 0 Å². The number of aliphatic hydroxyl groups is 1. The van der Waals surface area contributed by atoms with E-state index in [0.29, 0.717) is 11.3 Å². The summed E-state index contributed by atoms with van der Waals surface area (Å²) in [6, 6.07) is 2.96. The Morgan fingerprint density at radius 1 is 1.28 bits per heavy atom. The molecule has 1 unspecified atom stereocenters. The lowest BCUT2D eigenvalue weighted by Gasteiger charge is -2.18. The highest BCUT2D eigenvalue weighted by atomic mass is 19.4. The van der Waals surface area contributed by atoms with E-state index in [1.165, 1.54) is 6.07 Å². The molecule has 1 heterocycles. The fourth-order valence-corrected chi connectivity index (χ4v) is 1.28. The van der Waals surface area contributed by atoms with Crippen molar-refractivity contribution in [2.75, 3.05) is 0 Å². The zero-order valence-electron chi connectivity index (χ0n) is 10.5. The highest BCUT2D eigenvalue weighted by Gasteiger charge is 2.38. The maximum absolute atomic E-state index is 12.4. The van der Waals surface area contributed by atoms with Gasteiger partial charge in [-0.05, 0) is 24.5 Å². The number of aliphatic hydroxyl groups excluding tert-OH is 1. The van der Waals surface area contributed by atoms with Crippen molar-refractivity contribution in [1.82, 2.24) is 4.98 Å². The summed E-state index contributed by atoms with van der Waals surface area (Å²) >= 11 is 0. The summed E-state index contributed by atoms with van der Waals surface area (Å²) < 4.78 is 41.9. The maximum atomic E-state index is 12.4. The summed E-state index contributed by atoms with van der Waals surface area (Å²) in [4.78, 5) is 4.00. The highest BCUT2D eigenvalue weighted by molar-refractivity contribution is 5.26. The van der Waals surface area contributed by atoms with Gasteiger partial charge in [-0.15, -0.1) is 0 Å². The minimum absolute atomic E-state index is 0.0417. The number of hydrogen-bond acceptors (Lipinski definition) is 3. The molecule has 102 valence electrons. The molecular formula is C12H16F3NO2. The summed E-state index contributed by atoms with van der Waals surface area (Å²) in [6.45, 7) is 4.38. The molecule has 0 bridgehead atoms. The molecular weight excluding hydrogens is 247 g/mol. The van der Waals surface area contributed by atoms with Gasteiger partial charge in [0.15, 0.2) is 6.10 Å². The fourth-order valence-electron chi connectivity index (χ4n) is 1.28. The Morgan fingerprint density at radius 2 is 1.89 bits per heavy atom. The number of hydrogen-bond donors (Lipinski definition) is 1. The summed E-state index contributed by atoms with van der Waals surface area (Å²) in [5.41, 5.74) is 1.07. The Hall–Kier alpha value is -1.30. The van der Waals surface area contributed by atoms with Crippen LogP contribution in [0.25, 0.3) is 0 Å². The van der Waals surface area contributed by atoms with Crippen LogP contribution in [-0.4, -0.2) is 22.4 Å². The first-order valence-corrected chi connectivity index (χ1v) is 5.59. The van der Waals surface area contributed by atoms with Crippen LogP contribution in [0, 0.1) is 0 Å². The second-order valence-electron chi connectivity index (χ2n) is 4.35. The topological polar surface area (TPSA) is 42.4 Å². The minimum Gasteiger partial charge on any atom is -0.465 e. The molecule has 0 spiro atoms. The van der Waals surface area contributed by atoms with Gasteiger partial charge >= 0.3 is 6.18 Å². The zero-order chi connectivity index (χ0) is 13.9. The Labute approximate surface area is 104 Å². The summed E-state index contributed by atoms with van der Waals surface area (Å²) in [6.07, 6.45) is -6.37. The summed E-state index contributed by atoms with van der Waals surface area (Å²) in [7, 11) is 0. The van der Waals surface area contributed by atoms with Crippen molar-refractivity contribution in [2.24, 2.45) is 0 Å². The molecule has 0 aliphatic rings. The van der Waals surface area contributed by atoms with Crippen molar-refractivity contribution < 1.29 is 23.0 Å². The van der Waals surface area contributed by atoms with Crippen LogP contribution >= 0.6 is 0 Å². The van der Waals surface area contributed by atoms with Crippen LogP contribution in [0.15, 0.2) is 12.1 Å². The average Bonchev–Trinajstić information content (AvgIpc) is 2.27. The van der Waals surface area contributed by atoms with E-state index in [4.69, 9.17) is 9.84 Å². The molecule has 3 nitrogen and oxygen atoms in total. The molecule has 6 heteroatoms. The minimum atomic E-state index is -4.44. The molecule has 1 N–H and O–H groups in total. The number of ether oxygens (including phenoxy) is 1. The standard InChI is InChI=1S/C12H16F3NO2/c1-7(2)10-4-9(6-17)5-11(16-10)18-8(3)12(13,14)15/h4-5,7-8,17H,6H2,1-3H3. The Balaban J connectivity index is 2.98. The molecule has 1 aromatic heterocycles. The third-order valence-electron chi connectivity index (χ3n) is 2.41. The van der Waals surface area contributed by atoms with Gasteiger partial charge < -0.3 is 9.84 Å². The number of pyridine rings is 1. The van der Waals surface area contributed by atoms with Crippen molar-refractivity contribution in [2.45, 2.75) is 45.6 Å². The van der Waals surface area contributed by atoms with Crippen LogP contribution in [0.3, 0.4) is 0 Å². The molecule has 1 rings (SSSR count). The molecule has 18 heavy (non-hydrogen) atoms. The molecule has 0 aliphatic carbocycles. The highest BCUT2D eigenvalue weighted by Crippen LogP contribution is 2.26. The molecule has 0 fully saturated rings. The van der Waals surface area contributed by atoms with Crippen molar-refractivity contribution in [3.8, 4) is 5.88 Å². The van der Waals surface area contributed by atoms with E-state index < -0.39 is 12.3 Å². The lowest BCUT2D eigenvalue weighted by Crippen LogP contribution is -2.31. The van der Waals surface area contributed by atoms with Crippen molar-refractivity contribution >= 4 is 0 Å². The van der Waals surface area contributed by atoms with Gasteiger partial charge in [-0.1, -0.05) is 13.8 Å². The molecule has 0 amide bonds. The molecule has 0 aromatic carbocycles. The number of halogens is 3. The Morgan fingerprint density at radius 3 is 2.33 bits per heavy atom. The first-order chi connectivity index (χ1) is 8.24. The van der Waals surface area contributed by atoms with Crippen LogP contribution in [0.4, 0.5) is 13.2 Å². The van der Waals surface area contributed by atoms with E-state index in [-0.39, 0.29) is 18.4 Å². The quantitative estimate of drug-likeness (QED) is 0.908. The smallest absolute Gasteiger partial charge is 0.425 e. The molecule has 0 radical (unpaired) electrons. The van der Waals surface area contributed by atoms with Crippen LogP contribution < -0.4 is 4.74 Å². The third kappa shape index (κ3) is 3.87. The zero-order valence-corrected chi connectivity index (χ0v) is 10.5. The number of nitrogens with zero attached hydrogens (tertiary/aromatic N) is 1. The molecule has 1 atom stereocenters. The third-order valence-corrected chi connectivity index (χ3v) is 2.41. The van der Waals surface area contributed by atoms with E-state index in [2.05, 4.69) is 4.98 Å². The number of alkyl halides is 3. The van der Waals surface area contributed by atoms with E-state index in [9.17, 15) is 13.2 Å². The van der Waals surface area contributed by atoms with Gasteiger partial charge in [0.1, 0.15) is 0 Å². The molecule has 0 saturated heterocycles.